The first kappa shape index (κ1) is 16.6. The van der Waals surface area contributed by atoms with Crippen LogP contribution in [0.15, 0.2) is 34.7 Å². The van der Waals surface area contributed by atoms with E-state index in [-0.39, 0.29) is 31.2 Å². The Bertz CT molecular complexity index is 705. The Morgan fingerprint density at radius 3 is 2.70 bits per heavy atom. The molecule has 0 radical (unpaired) electrons. The van der Waals surface area contributed by atoms with E-state index in [2.05, 4.69) is 5.32 Å². The number of nitrogens with one attached hydrogen (secondary N) is 1. The van der Waals surface area contributed by atoms with E-state index in [4.69, 9.17) is 14.3 Å². The summed E-state index contributed by atoms with van der Waals surface area (Å²) in [5, 5.41) is 11.4. The maximum absolute atomic E-state index is 11.8. The first-order valence-electron chi connectivity index (χ1n) is 7.24. The summed E-state index contributed by atoms with van der Waals surface area (Å²) in [7, 11) is 0. The summed E-state index contributed by atoms with van der Waals surface area (Å²) >= 11 is 0. The number of carboxylic acids is 1. The predicted octanol–water partition coefficient (Wildman–Crippen LogP) is 2.68. The Labute approximate surface area is 134 Å². The minimum Gasteiger partial charge on any atom is -0.493 e. The number of hydrogen-bond donors (Lipinski definition) is 2. The Hall–Kier alpha value is -2.76. The van der Waals surface area contributed by atoms with Crippen molar-refractivity contribution in [1.29, 1.82) is 0 Å². The Morgan fingerprint density at radius 1 is 1.22 bits per heavy atom. The van der Waals surface area contributed by atoms with Crippen molar-refractivity contribution in [1.82, 2.24) is 5.32 Å². The summed E-state index contributed by atoms with van der Waals surface area (Å²) in [4.78, 5) is 22.4. The first-order chi connectivity index (χ1) is 11.0. The zero-order valence-corrected chi connectivity index (χ0v) is 13.1. The predicted molar refractivity (Wildman–Crippen MR) is 83.5 cm³/mol. The molecule has 6 nitrogen and oxygen atoms in total. The van der Waals surface area contributed by atoms with Crippen LogP contribution < -0.4 is 10.1 Å². The summed E-state index contributed by atoms with van der Waals surface area (Å²) in [6.07, 6.45) is 0.208. The van der Waals surface area contributed by atoms with Crippen molar-refractivity contribution in [3.8, 4) is 5.75 Å². The lowest BCUT2D eigenvalue weighted by Crippen LogP contribution is -2.24. The zero-order chi connectivity index (χ0) is 16.8. The van der Waals surface area contributed by atoms with Gasteiger partial charge in [-0.25, -0.2) is 4.79 Å². The van der Waals surface area contributed by atoms with Gasteiger partial charge in [0.2, 0.25) is 11.7 Å². The number of rotatable bonds is 7. The van der Waals surface area contributed by atoms with Gasteiger partial charge in [-0.05, 0) is 43.2 Å². The third-order valence-corrected chi connectivity index (χ3v) is 3.26. The van der Waals surface area contributed by atoms with Crippen LogP contribution in [0.5, 0.6) is 5.75 Å². The second kappa shape index (κ2) is 7.49. The molecular weight excluding hydrogens is 298 g/mol. The van der Waals surface area contributed by atoms with Gasteiger partial charge in [0.1, 0.15) is 11.5 Å². The summed E-state index contributed by atoms with van der Waals surface area (Å²) in [5.41, 5.74) is 2.12. The highest BCUT2D eigenvalue weighted by Gasteiger charge is 2.10. The van der Waals surface area contributed by atoms with E-state index in [0.717, 1.165) is 16.9 Å². The number of aryl methyl sites for hydroxylation is 2. The van der Waals surface area contributed by atoms with Gasteiger partial charge in [0.05, 0.1) is 19.6 Å². The topological polar surface area (TPSA) is 88.8 Å². The van der Waals surface area contributed by atoms with Crippen LogP contribution in [0.3, 0.4) is 0 Å². The van der Waals surface area contributed by atoms with Gasteiger partial charge in [-0.2, -0.15) is 0 Å². The summed E-state index contributed by atoms with van der Waals surface area (Å²) in [5.74, 6) is -0.304. The summed E-state index contributed by atoms with van der Waals surface area (Å²) < 4.78 is 10.7. The largest absolute Gasteiger partial charge is 0.493 e. The molecule has 1 aromatic heterocycles. The molecule has 2 rings (SSSR count). The van der Waals surface area contributed by atoms with E-state index in [1.54, 1.807) is 0 Å². The average molecular weight is 317 g/mol. The van der Waals surface area contributed by atoms with Crippen molar-refractivity contribution in [2.24, 2.45) is 0 Å². The SMILES string of the molecule is Cc1ccc(C)c(OCCC(=O)NCc2ccc(C(=O)O)o2)c1. The van der Waals surface area contributed by atoms with E-state index >= 15 is 0 Å². The van der Waals surface area contributed by atoms with Crippen LogP contribution in [0, 0.1) is 13.8 Å². The van der Waals surface area contributed by atoms with Gasteiger partial charge in [-0.1, -0.05) is 12.1 Å². The van der Waals surface area contributed by atoms with E-state index in [1.807, 2.05) is 32.0 Å². The number of carbonyl (C=O) groups is 2. The number of benzene rings is 1. The zero-order valence-electron chi connectivity index (χ0n) is 13.1. The molecule has 1 aromatic carbocycles. The van der Waals surface area contributed by atoms with E-state index in [1.165, 1.54) is 12.1 Å². The third-order valence-electron chi connectivity index (χ3n) is 3.26. The van der Waals surface area contributed by atoms with Crippen LogP contribution in [-0.4, -0.2) is 23.6 Å². The smallest absolute Gasteiger partial charge is 0.371 e. The van der Waals surface area contributed by atoms with Crippen molar-refractivity contribution < 1.29 is 23.8 Å². The molecule has 0 bridgehead atoms. The van der Waals surface area contributed by atoms with Gasteiger partial charge >= 0.3 is 5.97 Å². The summed E-state index contributed by atoms with van der Waals surface area (Å²) in [6, 6.07) is 8.79. The van der Waals surface area contributed by atoms with Gasteiger partial charge in [0, 0.05) is 0 Å². The number of aromatic carboxylic acids is 1. The average Bonchev–Trinajstić information content (AvgIpc) is 2.98. The number of carbonyl (C=O) groups excluding carboxylic acids is 1. The molecule has 0 saturated heterocycles. The molecule has 0 atom stereocenters. The normalized spacial score (nSPS) is 10.3. The lowest BCUT2D eigenvalue weighted by atomic mass is 10.1. The number of hydrogen-bond acceptors (Lipinski definition) is 4. The standard InChI is InChI=1S/C17H19NO5/c1-11-3-4-12(2)15(9-11)22-8-7-16(19)18-10-13-5-6-14(23-13)17(20)21/h3-6,9H,7-8,10H2,1-2H3,(H,18,19)(H,20,21). The van der Waals surface area contributed by atoms with Crippen LogP contribution in [-0.2, 0) is 11.3 Å². The van der Waals surface area contributed by atoms with Crippen LogP contribution in [0.1, 0.15) is 33.9 Å². The van der Waals surface area contributed by atoms with Crippen LogP contribution in [0.4, 0.5) is 0 Å². The molecule has 1 amide bonds. The van der Waals surface area contributed by atoms with E-state index < -0.39 is 5.97 Å². The molecule has 6 heteroatoms. The van der Waals surface area contributed by atoms with Crippen LogP contribution in [0.2, 0.25) is 0 Å². The fourth-order valence-electron chi connectivity index (χ4n) is 1.98. The molecule has 0 aliphatic carbocycles. The van der Waals surface area contributed by atoms with Crippen molar-refractivity contribution in [3.05, 3.63) is 53.0 Å². The lowest BCUT2D eigenvalue weighted by molar-refractivity contribution is -0.121. The molecular formula is C17H19NO5. The first-order valence-corrected chi connectivity index (χ1v) is 7.24. The highest BCUT2D eigenvalue weighted by Crippen LogP contribution is 2.19. The number of carboxylic acid groups (broad SMARTS) is 1. The summed E-state index contributed by atoms with van der Waals surface area (Å²) in [6.45, 7) is 4.35. The molecule has 0 aliphatic heterocycles. The minimum absolute atomic E-state index is 0.146. The van der Waals surface area contributed by atoms with Gasteiger partial charge in [-0.15, -0.1) is 0 Å². The van der Waals surface area contributed by atoms with Crippen molar-refractivity contribution >= 4 is 11.9 Å². The molecule has 0 unspecified atom stereocenters. The Morgan fingerprint density at radius 2 is 2.00 bits per heavy atom. The number of ether oxygens (including phenoxy) is 1. The van der Waals surface area contributed by atoms with Crippen molar-refractivity contribution in [2.45, 2.75) is 26.8 Å². The molecule has 0 saturated carbocycles. The molecule has 0 fully saturated rings. The second-order valence-corrected chi connectivity index (χ2v) is 5.22. The quantitative estimate of drug-likeness (QED) is 0.819. The maximum atomic E-state index is 11.8. The molecule has 23 heavy (non-hydrogen) atoms. The van der Waals surface area contributed by atoms with E-state index in [0.29, 0.717) is 5.76 Å². The van der Waals surface area contributed by atoms with Gasteiger partial charge in [-0.3, -0.25) is 4.79 Å². The molecule has 2 aromatic rings. The van der Waals surface area contributed by atoms with Gasteiger partial charge < -0.3 is 19.6 Å². The van der Waals surface area contributed by atoms with Crippen LogP contribution >= 0.6 is 0 Å². The van der Waals surface area contributed by atoms with Crippen molar-refractivity contribution in [2.75, 3.05) is 6.61 Å². The number of amides is 1. The third kappa shape index (κ3) is 4.88. The van der Waals surface area contributed by atoms with E-state index in [9.17, 15) is 9.59 Å². The maximum Gasteiger partial charge on any atom is 0.371 e. The van der Waals surface area contributed by atoms with Crippen molar-refractivity contribution in [3.63, 3.8) is 0 Å². The monoisotopic (exact) mass is 317 g/mol. The number of furan rings is 1. The fraction of sp³-hybridized carbons (Fsp3) is 0.294. The Kier molecular flexibility index (Phi) is 5.41. The highest BCUT2D eigenvalue weighted by atomic mass is 16.5. The molecule has 2 N–H and O–H groups in total. The van der Waals surface area contributed by atoms with Gasteiger partial charge in [0.25, 0.3) is 0 Å². The van der Waals surface area contributed by atoms with Crippen LogP contribution in [0.25, 0.3) is 0 Å². The molecule has 0 aliphatic rings. The molecule has 1 heterocycles. The second-order valence-electron chi connectivity index (χ2n) is 5.22. The Balaban J connectivity index is 1.74. The highest BCUT2D eigenvalue weighted by molar-refractivity contribution is 5.84. The molecule has 0 spiro atoms. The van der Waals surface area contributed by atoms with Gasteiger partial charge in [0.15, 0.2) is 0 Å². The lowest BCUT2D eigenvalue weighted by Gasteiger charge is -2.10. The minimum atomic E-state index is -1.13. The molecule has 122 valence electrons. The fourth-order valence-corrected chi connectivity index (χ4v) is 1.98.